The molecule has 0 saturated heterocycles. The minimum absolute atomic E-state index is 0.275. The van der Waals surface area contributed by atoms with E-state index < -0.39 is 5.82 Å². The second kappa shape index (κ2) is 4.13. The van der Waals surface area contributed by atoms with Crippen LogP contribution in [0.1, 0.15) is 12.8 Å². The zero-order valence-electron chi connectivity index (χ0n) is 9.50. The number of benzene rings is 1. The maximum atomic E-state index is 13.4. The number of allylic oxidation sites excluding steroid dienone is 2. The van der Waals surface area contributed by atoms with Gasteiger partial charge in [0.15, 0.2) is 0 Å². The molecule has 1 N–H and O–H groups in total. The molecule has 2 bridgehead atoms. The molecule has 1 saturated carbocycles. The van der Waals surface area contributed by atoms with Gasteiger partial charge < -0.3 is 5.32 Å². The van der Waals surface area contributed by atoms with E-state index in [1.807, 2.05) is 0 Å². The highest BCUT2D eigenvalue weighted by atomic mass is 19.1. The Morgan fingerprint density at radius 2 is 2.06 bits per heavy atom. The molecule has 1 aromatic carbocycles. The second-order valence-corrected chi connectivity index (χ2v) is 5.05. The van der Waals surface area contributed by atoms with Crippen molar-refractivity contribution in [1.82, 2.24) is 0 Å². The average Bonchev–Trinajstić information content (AvgIpc) is 2.92. The summed E-state index contributed by atoms with van der Waals surface area (Å²) in [4.78, 5) is 0. The largest absolute Gasteiger partial charge is 0.382 e. The van der Waals surface area contributed by atoms with Crippen molar-refractivity contribution in [2.24, 2.45) is 17.8 Å². The third-order valence-corrected chi connectivity index (χ3v) is 3.90. The minimum Gasteiger partial charge on any atom is -0.382 e. The molecule has 2 aliphatic carbocycles. The SMILES string of the molecule is Fc1ccc(F)c(NCC2CC3C=CC2C3)c1. The number of nitrogens with one attached hydrogen (secondary N) is 1. The summed E-state index contributed by atoms with van der Waals surface area (Å²) in [5.41, 5.74) is 0.275. The number of halogens is 2. The van der Waals surface area contributed by atoms with Gasteiger partial charge in [0.2, 0.25) is 0 Å². The molecule has 3 rings (SSSR count). The van der Waals surface area contributed by atoms with Crippen molar-refractivity contribution < 1.29 is 8.78 Å². The van der Waals surface area contributed by atoms with Crippen LogP contribution in [-0.2, 0) is 0 Å². The normalized spacial score (nSPS) is 29.9. The number of hydrogen-bond acceptors (Lipinski definition) is 1. The van der Waals surface area contributed by atoms with Gasteiger partial charge in [0.1, 0.15) is 11.6 Å². The van der Waals surface area contributed by atoms with Gasteiger partial charge in [-0.25, -0.2) is 8.78 Å². The molecule has 3 unspecified atom stereocenters. The molecule has 0 aliphatic heterocycles. The second-order valence-electron chi connectivity index (χ2n) is 5.05. The van der Waals surface area contributed by atoms with Crippen LogP contribution in [-0.4, -0.2) is 6.54 Å². The molecule has 0 spiro atoms. The predicted molar refractivity (Wildman–Crippen MR) is 63.7 cm³/mol. The fourth-order valence-electron chi connectivity index (χ4n) is 3.00. The van der Waals surface area contributed by atoms with Crippen molar-refractivity contribution in [2.75, 3.05) is 11.9 Å². The Labute approximate surface area is 99.5 Å². The number of rotatable bonds is 3. The van der Waals surface area contributed by atoms with E-state index in [1.165, 1.54) is 25.0 Å². The maximum Gasteiger partial charge on any atom is 0.146 e. The lowest BCUT2D eigenvalue weighted by Gasteiger charge is -2.19. The molecule has 1 nitrogen and oxygen atoms in total. The van der Waals surface area contributed by atoms with Gasteiger partial charge in [-0.2, -0.15) is 0 Å². The quantitative estimate of drug-likeness (QED) is 0.789. The molecule has 1 aromatic rings. The molecule has 0 amide bonds. The smallest absolute Gasteiger partial charge is 0.146 e. The summed E-state index contributed by atoms with van der Waals surface area (Å²) in [6.07, 6.45) is 6.95. The van der Waals surface area contributed by atoms with E-state index in [9.17, 15) is 8.78 Å². The lowest BCUT2D eigenvalue weighted by molar-refractivity contribution is 0.470. The van der Waals surface area contributed by atoms with Crippen LogP contribution in [0, 0.1) is 29.4 Å². The Balaban J connectivity index is 1.64. The molecular formula is C14H15F2N. The van der Waals surface area contributed by atoms with Gasteiger partial charge in [-0.05, 0) is 48.8 Å². The standard InChI is InChI=1S/C14H15F2N/c15-12-3-4-13(16)14(7-12)17-8-11-6-9-1-2-10(11)5-9/h1-4,7,9-11,17H,5-6,8H2. The summed E-state index contributed by atoms with van der Waals surface area (Å²) in [6.45, 7) is 0.728. The average molecular weight is 235 g/mol. The maximum absolute atomic E-state index is 13.4. The van der Waals surface area contributed by atoms with Gasteiger partial charge in [-0.15, -0.1) is 0 Å². The Morgan fingerprint density at radius 1 is 1.18 bits per heavy atom. The van der Waals surface area contributed by atoms with Crippen LogP contribution in [0.15, 0.2) is 30.4 Å². The van der Waals surface area contributed by atoms with Gasteiger partial charge in [-0.3, -0.25) is 0 Å². The first-order chi connectivity index (χ1) is 8.22. The number of anilines is 1. The van der Waals surface area contributed by atoms with Crippen LogP contribution in [0.25, 0.3) is 0 Å². The van der Waals surface area contributed by atoms with Gasteiger partial charge >= 0.3 is 0 Å². The van der Waals surface area contributed by atoms with E-state index >= 15 is 0 Å². The van der Waals surface area contributed by atoms with Crippen molar-refractivity contribution >= 4 is 5.69 Å². The first kappa shape index (κ1) is 10.8. The summed E-state index contributed by atoms with van der Waals surface area (Å²) in [5.74, 6) is 1.12. The van der Waals surface area contributed by atoms with Crippen molar-refractivity contribution in [3.8, 4) is 0 Å². The highest BCUT2D eigenvalue weighted by Crippen LogP contribution is 2.43. The van der Waals surface area contributed by atoms with Crippen molar-refractivity contribution in [1.29, 1.82) is 0 Å². The molecule has 3 heteroatoms. The minimum atomic E-state index is -0.401. The van der Waals surface area contributed by atoms with Crippen molar-refractivity contribution in [2.45, 2.75) is 12.8 Å². The Morgan fingerprint density at radius 3 is 2.76 bits per heavy atom. The molecule has 17 heavy (non-hydrogen) atoms. The monoisotopic (exact) mass is 235 g/mol. The lowest BCUT2D eigenvalue weighted by Crippen LogP contribution is -2.18. The van der Waals surface area contributed by atoms with E-state index in [-0.39, 0.29) is 11.5 Å². The molecule has 2 aliphatic rings. The summed E-state index contributed by atoms with van der Waals surface area (Å²) in [6, 6.07) is 3.53. The van der Waals surface area contributed by atoms with Gasteiger partial charge in [-0.1, -0.05) is 12.2 Å². The van der Waals surface area contributed by atoms with Crippen molar-refractivity contribution in [3.63, 3.8) is 0 Å². The third-order valence-electron chi connectivity index (χ3n) is 3.90. The third kappa shape index (κ3) is 2.06. The lowest BCUT2D eigenvalue weighted by atomic mass is 9.93. The highest BCUT2D eigenvalue weighted by Gasteiger charge is 2.35. The molecule has 0 radical (unpaired) electrons. The Kier molecular flexibility index (Phi) is 2.61. The molecule has 3 atom stereocenters. The first-order valence-electron chi connectivity index (χ1n) is 6.09. The first-order valence-corrected chi connectivity index (χ1v) is 6.09. The molecule has 0 aromatic heterocycles. The van der Waals surface area contributed by atoms with E-state index in [2.05, 4.69) is 17.5 Å². The highest BCUT2D eigenvalue weighted by molar-refractivity contribution is 5.45. The van der Waals surface area contributed by atoms with E-state index in [1.54, 1.807) is 0 Å². The Hall–Kier alpha value is -1.38. The number of fused-ring (bicyclic) bond motifs is 2. The Bertz CT molecular complexity index is 456. The van der Waals surface area contributed by atoms with Gasteiger partial charge in [0, 0.05) is 6.54 Å². The zero-order valence-corrected chi connectivity index (χ0v) is 9.50. The molecule has 0 heterocycles. The van der Waals surface area contributed by atoms with Gasteiger partial charge in [0.05, 0.1) is 5.69 Å². The van der Waals surface area contributed by atoms with Gasteiger partial charge in [0.25, 0.3) is 0 Å². The fraction of sp³-hybridized carbons (Fsp3) is 0.429. The van der Waals surface area contributed by atoms with E-state index in [4.69, 9.17) is 0 Å². The van der Waals surface area contributed by atoms with Crippen LogP contribution < -0.4 is 5.32 Å². The van der Waals surface area contributed by atoms with Crippen molar-refractivity contribution in [3.05, 3.63) is 42.0 Å². The van der Waals surface area contributed by atoms with Crippen LogP contribution in [0.4, 0.5) is 14.5 Å². The number of hydrogen-bond donors (Lipinski definition) is 1. The van der Waals surface area contributed by atoms with E-state index in [0.717, 1.165) is 12.6 Å². The summed E-state index contributed by atoms with van der Waals surface area (Å²) >= 11 is 0. The molecule has 1 fully saturated rings. The fourth-order valence-corrected chi connectivity index (χ4v) is 3.00. The molecular weight excluding hydrogens is 220 g/mol. The summed E-state index contributed by atoms with van der Waals surface area (Å²) in [5, 5.41) is 3.03. The van der Waals surface area contributed by atoms with Crippen LogP contribution in [0.3, 0.4) is 0 Å². The summed E-state index contributed by atoms with van der Waals surface area (Å²) in [7, 11) is 0. The predicted octanol–water partition coefficient (Wildman–Crippen LogP) is 3.59. The van der Waals surface area contributed by atoms with Crippen LogP contribution in [0.2, 0.25) is 0 Å². The summed E-state index contributed by atoms with van der Waals surface area (Å²) < 4.78 is 26.4. The molecule has 90 valence electrons. The zero-order chi connectivity index (χ0) is 11.8. The van der Waals surface area contributed by atoms with Crippen LogP contribution >= 0.6 is 0 Å². The topological polar surface area (TPSA) is 12.0 Å². The van der Waals surface area contributed by atoms with E-state index in [0.29, 0.717) is 17.8 Å². The van der Waals surface area contributed by atoms with Crippen LogP contribution in [0.5, 0.6) is 0 Å².